The van der Waals surface area contributed by atoms with Gasteiger partial charge in [-0.05, 0) is 24.6 Å². The minimum absolute atomic E-state index is 0.0817. The smallest absolute Gasteiger partial charge is 0.234 e. The summed E-state index contributed by atoms with van der Waals surface area (Å²) in [6.07, 6.45) is 8.11. The standard InChI is InChI=1S/C17H24N4O/c1-2-3-4-8-12-19-17(22)15-11-13-21(20-16(15)18)14-9-6-5-7-10-14/h5-7,9-11,13,15H,2-4,8,12H2,1H3,(H2,18,20)(H,19,22). The molecule has 118 valence electrons. The van der Waals surface area contributed by atoms with Gasteiger partial charge in [-0.3, -0.25) is 4.79 Å². The fraction of sp³-hybridized carbons (Fsp3) is 0.412. The third-order valence-corrected chi connectivity index (χ3v) is 3.59. The average molecular weight is 300 g/mol. The zero-order valence-corrected chi connectivity index (χ0v) is 13.0. The summed E-state index contributed by atoms with van der Waals surface area (Å²) in [4.78, 5) is 12.1. The number of anilines is 1. The van der Waals surface area contributed by atoms with Crippen LogP contribution in [0.2, 0.25) is 0 Å². The Balaban J connectivity index is 1.87. The molecule has 1 atom stereocenters. The molecule has 3 N–H and O–H groups in total. The number of carbonyl (C=O) groups excluding carboxylic acids is 1. The molecule has 1 aromatic carbocycles. The Morgan fingerprint density at radius 3 is 2.73 bits per heavy atom. The highest BCUT2D eigenvalue weighted by molar-refractivity contribution is 6.05. The summed E-state index contributed by atoms with van der Waals surface area (Å²) in [6.45, 7) is 2.86. The number of nitrogens with zero attached hydrogens (tertiary/aromatic N) is 2. The van der Waals surface area contributed by atoms with Crippen LogP contribution < -0.4 is 16.1 Å². The number of unbranched alkanes of at least 4 members (excludes halogenated alkanes) is 3. The van der Waals surface area contributed by atoms with Gasteiger partial charge < -0.3 is 11.1 Å². The van der Waals surface area contributed by atoms with Gasteiger partial charge in [-0.1, -0.05) is 44.4 Å². The van der Waals surface area contributed by atoms with E-state index in [1.165, 1.54) is 12.8 Å². The third kappa shape index (κ3) is 4.35. The van der Waals surface area contributed by atoms with Gasteiger partial charge in [0.05, 0.1) is 5.69 Å². The maximum absolute atomic E-state index is 12.1. The highest BCUT2D eigenvalue weighted by Crippen LogP contribution is 2.18. The maximum atomic E-state index is 12.1. The van der Waals surface area contributed by atoms with Crippen LogP contribution in [0.1, 0.15) is 32.6 Å². The molecular formula is C17H24N4O. The number of nitrogens with two attached hydrogens (primary N) is 1. The molecule has 0 radical (unpaired) electrons. The molecule has 0 bridgehead atoms. The number of amides is 1. The lowest BCUT2D eigenvalue weighted by molar-refractivity contribution is -0.121. The Kier molecular flexibility index (Phi) is 6.01. The second-order valence-electron chi connectivity index (χ2n) is 5.38. The van der Waals surface area contributed by atoms with Gasteiger partial charge in [0, 0.05) is 12.7 Å². The lowest BCUT2D eigenvalue weighted by Gasteiger charge is -2.23. The molecule has 1 heterocycles. The summed E-state index contributed by atoms with van der Waals surface area (Å²) in [6, 6.07) is 9.69. The van der Waals surface area contributed by atoms with Crippen molar-refractivity contribution < 1.29 is 4.79 Å². The summed E-state index contributed by atoms with van der Waals surface area (Å²) in [5.74, 6) is -0.245. The van der Waals surface area contributed by atoms with Crippen molar-refractivity contribution in [3.8, 4) is 0 Å². The first-order valence-corrected chi connectivity index (χ1v) is 7.86. The van der Waals surface area contributed by atoms with Gasteiger partial charge in [0.15, 0.2) is 0 Å². The van der Waals surface area contributed by atoms with E-state index in [9.17, 15) is 4.79 Å². The van der Waals surface area contributed by atoms with Crippen LogP contribution in [0, 0.1) is 5.92 Å². The molecule has 5 nitrogen and oxygen atoms in total. The summed E-state index contributed by atoms with van der Waals surface area (Å²) in [7, 11) is 0. The Hall–Kier alpha value is -2.30. The van der Waals surface area contributed by atoms with Crippen molar-refractivity contribution >= 4 is 17.4 Å². The van der Waals surface area contributed by atoms with Crippen LogP contribution in [0.25, 0.3) is 0 Å². The summed E-state index contributed by atoms with van der Waals surface area (Å²) < 4.78 is 0. The molecule has 1 aromatic rings. The van der Waals surface area contributed by atoms with Crippen molar-refractivity contribution in [3.05, 3.63) is 42.6 Å². The number of carbonyl (C=O) groups is 1. The number of benzene rings is 1. The molecule has 1 aliphatic heterocycles. The molecule has 0 spiro atoms. The number of hydrogen-bond acceptors (Lipinski definition) is 4. The fourth-order valence-electron chi connectivity index (χ4n) is 2.31. The highest BCUT2D eigenvalue weighted by Gasteiger charge is 2.23. The summed E-state index contributed by atoms with van der Waals surface area (Å²) in [5.41, 5.74) is 6.87. The predicted molar refractivity (Wildman–Crippen MR) is 90.3 cm³/mol. The van der Waals surface area contributed by atoms with E-state index in [-0.39, 0.29) is 5.91 Å². The zero-order chi connectivity index (χ0) is 15.8. The number of nitrogens with one attached hydrogen (secondary N) is 1. The van der Waals surface area contributed by atoms with Crippen molar-refractivity contribution in [2.45, 2.75) is 32.6 Å². The first-order chi connectivity index (χ1) is 10.7. The molecule has 1 aliphatic rings. The molecule has 2 rings (SSSR count). The van der Waals surface area contributed by atoms with Gasteiger partial charge in [0.1, 0.15) is 11.8 Å². The lowest BCUT2D eigenvalue weighted by Crippen LogP contribution is -2.41. The van der Waals surface area contributed by atoms with E-state index in [1.54, 1.807) is 17.3 Å². The van der Waals surface area contributed by atoms with Gasteiger partial charge in [0.25, 0.3) is 0 Å². The van der Waals surface area contributed by atoms with Crippen molar-refractivity contribution in [2.75, 3.05) is 11.6 Å². The SMILES string of the molecule is CCCCCCNC(=O)C1C=CN(c2ccccc2)N=C1N. The van der Waals surface area contributed by atoms with Crippen LogP contribution in [0.4, 0.5) is 5.69 Å². The van der Waals surface area contributed by atoms with E-state index >= 15 is 0 Å². The Morgan fingerprint density at radius 2 is 2.05 bits per heavy atom. The van der Waals surface area contributed by atoms with E-state index in [0.29, 0.717) is 12.4 Å². The summed E-state index contributed by atoms with van der Waals surface area (Å²) in [5, 5.41) is 8.90. The number of hydrogen-bond donors (Lipinski definition) is 2. The van der Waals surface area contributed by atoms with E-state index in [4.69, 9.17) is 5.73 Å². The van der Waals surface area contributed by atoms with E-state index < -0.39 is 5.92 Å². The molecule has 0 aliphatic carbocycles. The topological polar surface area (TPSA) is 70.7 Å². The minimum atomic E-state index is -0.480. The van der Waals surface area contributed by atoms with Crippen molar-refractivity contribution in [3.63, 3.8) is 0 Å². The monoisotopic (exact) mass is 300 g/mol. The van der Waals surface area contributed by atoms with Crippen molar-refractivity contribution in [1.29, 1.82) is 0 Å². The van der Waals surface area contributed by atoms with Gasteiger partial charge in [-0.2, -0.15) is 5.10 Å². The lowest BCUT2D eigenvalue weighted by atomic mass is 10.1. The molecule has 5 heteroatoms. The van der Waals surface area contributed by atoms with Gasteiger partial charge in [-0.15, -0.1) is 0 Å². The Labute approximate surface area is 131 Å². The second kappa shape index (κ2) is 8.22. The van der Waals surface area contributed by atoms with Crippen LogP contribution in [0.15, 0.2) is 47.7 Å². The molecule has 1 amide bonds. The maximum Gasteiger partial charge on any atom is 0.234 e. The number of hydrazone groups is 1. The van der Waals surface area contributed by atoms with E-state index in [1.807, 2.05) is 30.3 Å². The number of para-hydroxylation sites is 1. The average Bonchev–Trinajstić information content (AvgIpc) is 2.55. The predicted octanol–water partition coefficient (Wildman–Crippen LogP) is 2.61. The highest BCUT2D eigenvalue weighted by atomic mass is 16.1. The molecule has 0 fully saturated rings. The van der Waals surface area contributed by atoms with E-state index in [0.717, 1.165) is 18.5 Å². The molecule has 0 saturated carbocycles. The first-order valence-electron chi connectivity index (χ1n) is 7.86. The fourth-order valence-corrected chi connectivity index (χ4v) is 2.31. The van der Waals surface area contributed by atoms with Crippen LogP contribution in [-0.4, -0.2) is 18.3 Å². The quantitative estimate of drug-likeness (QED) is 0.760. The molecular weight excluding hydrogens is 276 g/mol. The number of rotatable bonds is 7. The van der Waals surface area contributed by atoms with Crippen molar-refractivity contribution in [1.82, 2.24) is 5.32 Å². The number of amidine groups is 1. The Bertz CT molecular complexity index is 539. The molecule has 1 unspecified atom stereocenters. The largest absolute Gasteiger partial charge is 0.385 e. The van der Waals surface area contributed by atoms with Crippen molar-refractivity contribution in [2.24, 2.45) is 16.8 Å². The Morgan fingerprint density at radius 1 is 1.27 bits per heavy atom. The first kappa shape index (κ1) is 16.1. The molecule has 22 heavy (non-hydrogen) atoms. The third-order valence-electron chi connectivity index (χ3n) is 3.59. The van der Waals surface area contributed by atoms with Gasteiger partial charge in [0.2, 0.25) is 5.91 Å². The van der Waals surface area contributed by atoms with Gasteiger partial charge in [-0.25, -0.2) is 5.01 Å². The summed E-state index contributed by atoms with van der Waals surface area (Å²) >= 11 is 0. The van der Waals surface area contributed by atoms with Crippen LogP contribution >= 0.6 is 0 Å². The van der Waals surface area contributed by atoms with Crippen LogP contribution in [0.5, 0.6) is 0 Å². The normalized spacial score (nSPS) is 17.2. The molecule has 0 saturated heterocycles. The van der Waals surface area contributed by atoms with Crippen LogP contribution in [-0.2, 0) is 4.79 Å². The molecule has 0 aromatic heterocycles. The van der Waals surface area contributed by atoms with Gasteiger partial charge >= 0.3 is 0 Å². The second-order valence-corrected chi connectivity index (χ2v) is 5.38. The van der Waals surface area contributed by atoms with E-state index in [2.05, 4.69) is 17.3 Å². The minimum Gasteiger partial charge on any atom is -0.385 e. The van der Waals surface area contributed by atoms with Crippen LogP contribution in [0.3, 0.4) is 0 Å². The zero-order valence-electron chi connectivity index (χ0n) is 13.0.